The van der Waals surface area contributed by atoms with Crippen LogP contribution in [0.15, 0.2) is 4.99 Å². The van der Waals surface area contributed by atoms with Crippen LogP contribution in [-0.2, 0) is 9.53 Å². The number of rotatable bonds is 6. The Balaban J connectivity index is 0. The van der Waals surface area contributed by atoms with Gasteiger partial charge in [-0.1, -0.05) is 0 Å². The highest BCUT2D eigenvalue weighted by Crippen LogP contribution is 2.07. The van der Waals surface area contributed by atoms with Gasteiger partial charge in [-0.15, -0.1) is 12.4 Å². The first-order chi connectivity index (χ1) is 9.18. The van der Waals surface area contributed by atoms with E-state index in [1.165, 1.54) is 0 Å². The number of ether oxygens (including phenoxy) is 1. The van der Waals surface area contributed by atoms with Crippen molar-refractivity contribution in [1.82, 2.24) is 5.32 Å². The van der Waals surface area contributed by atoms with Crippen molar-refractivity contribution in [3.05, 3.63) is 0 Å². The smallest absolute Gasteiger partial charge is 0.408 e. The Bertz CT molecular complexity index is 375. The van der Waals surface area contributed by atoms with Crippen molar-refractivity contribution in [2.24, 2.45) is 16.5 Å². The summed E-state index contributed by atoms with van der Waals surface area (Å²) in [7, 11) is 0. The van der Waals surface area contributed by atoms with Gasteiger partial charge >= 0.3 is 12.1 Å². The minimum atomic E-state index is -1.17. The number of hydrogen-bond donors (Lipinski definition) is 4. The van der Waals surface area contributed by atoms with E-state index in [9.17, 15) is 9.59 Å². The third-order valence-corrected chi connectivity index (χ3v) is 1.90. The highest BCUT2D eigenvalue weighted by Gasteiger charge is 2.23. The molecule has 0 heterocycles. The van der Waals surface area contributed by atoms with E-state index in [-0.39, 0.29) is 38.2 Å². The number of amides is 1. The lowest BCUT2D eigenvalue weighted by Gasteiger charge is -2.21. The summed E-state index contributed by atoms with van der Waals surface area (Å²) in [5, 5.41) is 11.2. The number of hydrogen-bond acceptors (Lipinski definition) is 4. The molecule has 1 amide bonds. The lowest BCUT2D eigenvalue weighted by atomic mass is 10.1. The molecule has 0 saturated heterocycles. The van der Waals surface area contributed by atoms with E-state index >= 15 is 0 Å². The maximum Gasteiger partial charge on any atom is 0.408 e. The monoisotopic (exact) mass is 311 g/mol. The van der Waals surface area contributed by atoms with Crippen LogP contribution in [0.4, 0.5) is 4.79 Å². The topological polar surface area (TPSA) is 140 Å². The second kappa shape index (κ2) is 9.24. The molecule has 0 aliphatic rings. The molecule has 0 bridgehead atoms. The first-order valence-electron chi connectivity index (χ1n) is 6.45. The third-order valence-electron chi connectivity index (χ3n) is 1.90. The molecule has 6 N–H and O–H groups in total. The molecular weight excluding hydrogens is 288 g/mol. The molecule has 0 aromatic carbocycles. The molecule has 20 heavy (non-hydrogen) atoms. The van der Waals surface area contributed by atoms with Crippen LogP contribution in [0.2, 0.25) is 0 Å². The number of carboxylic acids is 1. The lowest BCUT2D eigenvalue weighted by molar-refractivity contribution is -0.139. The van der Waals surface area contributed by atoms with E-state index in [2.05, 4.69) is 10.3 Å². The lowest BCUT2D eigenvalue weighted by Crippen LogP contribution is -2.43. The van der Waals surface area contributed by atoms with Gasteiger partial charge in [0.15, 0.2) is 5.96 Å². The minimum absolute atomic E-state index is 0. The normalized spacial score (nSPS) is 12.4. The summed E-state index contributed by atoms with van der Waals surface area (Å²) in [6, 6.07) is -1.08. The van der Waals surface area contributed by atoms with E-state index in [1.807, 2.05) is 0 Å². The predicted molar refractivity (Wildman–Crippen MR) is 78.0 cm³/mol. The Labute approximate surface area is 125 Å². The van der Waals surface area contributed by atoms with Gasteiger partial charge in [-0.2, -0.15) is 0 Å². The van der Waals surface area contributed by atoms with Crippen LogP contribution >= 0.6 is 12.4 Å². The number of nitrogens with one attached hydrogen (secondary N) is 1. The van der Waals surface area contributed by atoms with Gasteiger partial charge in [-0.3, -0.25) is 4.99 Å². The number of alkyl carbamates (subject to hydrolysis) is 1. The Morgan fingerprint density at radius 1 is 1.50 bits per heavy atom. The van der Waals surface area contributed by atoms with Crippen molar-refractivity contribution in [3.63, 3.8) is 0 Å². The first-order valence-corrected chi connectivity index (χ1v) is 5.75. The zero-order valence-corrected chi connectivity index (χ0v) is 12.4. The number of carbonyl (C=O) groups excluding carboxylic acids is 1. The molecule has 0 aromatic rings. The van der Waals surface area contributed by atoms with Crippen molar-refractivity contribution in [2.45, 2.75) is 45.2 Å². The zero-order chi connectivity index (χ0) is 15.8. The van der Waals surface area contributed by atoms with Gasteiger partial charge in [0.2, 0.25) is 0 Å². The second-order valence-electron chi connectivity index (χ2n) is 4.63. The summed E-state index contributed by atoms with van der Waals surface area (Å²) < 4.78 is 12.1. The fourth-order valence-corrected chi connectivity index (χ4v) is 1.18. The predicted octanol–water partition coefficient (Wildman–Crippen LogP) is 0.440. The highest BCUT2D eigenvalue weighted by molar-refractivity contribution is 5.85. The van der Waals surface area contributed by atoms with Gasteiger partial charge < -0.3 is 26.6 Å². The van der Waals surface area contributed by atoms with E-state index < -0.39 is 23.7 Å². The Kier molecular flexibility index (Phi) is 8.46. The molecule has 0 aromatic heterocycles. The third kappa shape index (κ3) is 11.4. The van der Waals surface area contributed by atoms with Crippen LogP contribution in [0.1, 0.15) is 35.0 Å². The fraction of sp³-hybridized carbons (Fsp3) is 0.727. The number of aliphatic imine (C=N–C) groups is 1. The Morgan fingerprint density at radius 3 is 2.55 bits per heavy atom. The van der Waals surface area contributed by atoms with E-state index in [0.29, 0.717) is 6.42 Å². The van der Waals surface area contributed by atoms with Crippen LogP contribution in [0.5, 0.6) is 0 Å². The molecule has 0 saturated carbocycles. The number of carboxylic acid groups (broad SMARTS) is 1. The number of aliphatic carboxylic acids is 1. The van der Waals surface area contributed by atoms with Crippen LogP contribution < -0.4 is 16.8 Å². The SMILES string of the molecule is Cl.[2H]CC(C)(C)OC(=O)N[C@@H](CCCN=C(N)N)C(=O)O. The Morgan fingerprint density at radius 2 is 2.10 bits per heavy atom. The molecular formula is C11H23ClN4O4. The largest absolute Gasteiger partial charge is 0.480 e. The summed E-state index contributed by atoms with van der Waals surface area (Å²) in [5.74, 6) is -1.24. The number of nitrogens with zero attached hydrogens (tertiary/aromatic N) is 1. The van der Waals surface area contributed by atoms with Crippen molar-refractivity contribution < 1.29 is 20.8 Å². The quantitative estimate of drug-likeness (QED) is 0.319. The van der Waals surface area contributed by atoms with E-state index in [4.69, 9.17) is 22.7 Å². The molecule has 9 heteroatoms. The van der Waals surface area contributed by atoms with Crippen LogP contribution in [0, 0.1) is 0 Å². The molecule has 0 spiro atoms. The van der Waals surface area contributed by atoms with Crippen molar-refractivity contribution >= 4 is 30.4 Å². The van der Waals surface area contributed by atoms with Crippen molar-refractivity contribution in [2.75, 3.05) is 6.54 Å². The number of carbonyl (C=O) groups is 2. The first kappa shape index (κ1) is 18.3. The van der Waals surface area contributed by atoms with Gasteiger partial charge in [0.1, 0.15) is 11.6 Å². The number of halogens is 1. The minimum Gasteiger partial charge on any atom is -0.480 e. The summed E-state index contributed by atoms with van der Waals surface area (Å²) in [6.45, 7) is 3.28. The van der Waals surface area contributed by atoms with Gasteiger partial charge in [-0.05, 0) is 33.6 Å². The maximum atomic E-state index is 11.5. The number of guanidine groups is 1. The van der Waals surface area contributed by atoms with Crippen LogP contribution in [0.25, 0.3) is 0 Å². The molecule has 118 valence electrons. The molecule has 0 rings (SSSR count). The number of nitrogens with two attached hydrogens (primary N) is 2. The molecule has 0 radical (unpaired) electrons. The standard InChI is InChI=1S/C11H22N4O4.ClH/c1-11(2,3)19-10(18)15-7(8(16)17)5-4-6-14-9(12)13;/h7H,4-6H2,1-3H3,(H,15,18)(H,16,17)(H4,12,13,14);1H/t7-;/m0./s1/i1D;. The zero-order valence-electron chi connectivity index (χ0n) is 12.6. The van der Waals surface area contributed by atoms with Crippen LogP contribution in [0.3, 0.4) is 0 Å². The fourth-order valence-electron chi connectivity index (χ4n) is 1.18. The maximum absolute atomic E-state index is 11.5. The van der Waals surface area contributed by atoms with Crippen LogP contribution in [-0.4, -0.2) is 41.3 Å². The summed E-state index contributed by atoms with van der Waals surface area (Å²) in [4.78, 5) is 26.2. The molecule has 8 nitrogen and oxygen atoms in total. The summed E-state index contributed by atoms with van der Waals surface area (Å²) in [5.41, 5.74) is 9.31. The van der Waals surface area contributed by atoms with Gasteiger partial charge in [0.25, 0.3) is 0 Å². The average molecular weight is 312 g/mol. The summed E-state index contributed by atoms with van der Waals surface area (Å²) >= 11 is 0. The van der Waals surface area contributed by atoms with Gasteiger partial charge in [0.05, 0.1) is 0 Å². The van der Waals surface area contributed by atoms with Crippen molar-refractivity contribution in [3.8, 4) is 0 Å². The average Bonchev–Trinajstić information content (AvgIpc) is 2.31. The van der Waals surface area contributed by atoms with Gasteiger partial charge in [-0.25, -0.2) is 9.59 Å². The Hall–Kier alpha value is -1.70. The molecule has 0 aliphatic heterocycles. The molecule has 1 atom stereocenters. The molecule has 0 aliphatic carbocycles. The van der Waals surface area contributed by atoms with E-state index in [1.54, 1.807) is 13.8 Å². The second-order valence-corrected chi connectivity index (χ2v) is 4.63. The molecule has 0 fully saturated rings. The van der Waals surface area contributed by atoms with Gasteiger partial charge in [0, 0.05) is 7.92 Å². The molecule has 0 unspecified atom stereocenters. The summed E-state index contributed by atoms with van der Waals surface area (Å²) in [6.07, 6.45) is -0.295. The van der Waals surface area contributed by atoms with E-state index in [0.717, 1.165) is 0 Å². The van der Waals surface area contributed by atoms with Crippen molar-refractivity contribution in [1.29, 1.82) is 0 Å². The highest BCUT2D eigenvalue weighted by atomic mass is 35.5.